The molecule has 0 fully saturated rings. The molecule has 0 atom stereocenters. The Labute approximate surface area is 129 Å². The van der Waals surface area contributed by atoms with Crippen LogP contribution in [0.5, 0.6) is 5.75 Å². The Kier molecular flexibility index (Phi) is 5.85. The van der Waals surface area contributed by atoms with Gasteiger partial charge in [-0.15, -0.1) is 0 Å². The van der Waals surface area contributed by atoms with Crippen molar-refractivity contribution in [2.24, 2.45) is 5.10 Å². The first-order valence-corrected chi connectivity index (χ1v) is 7.05. The summed E-state index contributed by atoms with van der Waals surface area (Å²) in [4.78, 5) is 0. The van der Waals surface area contributed by atoms with E-state index in [1.54, 1.807) is 6.21 Å². The van der Waals surface area contributed by atoms with Crippen LogP contribution in [0, 0.1) is 0 Å². The van der Waals surface area contributed by atoms with Gasteiger partial charge < -0.3 is 4.74 Å². The van der Waals surface area contributed by atoms with E-state index in [0.717, 1.165) is 17.0 Å². The van der Waals surface area contributed by atoms with Crippen LogP contribution in [0.1, 0.15) is 12.5 Å². The molecule has 0 heterocycles. The molecule has 1 N–H and O–H groups in total. The molecule has 3 nitrogen and oxygen atoms in total. The molecule has 0 aliphatic rings. The number of rotatable bonds is 6. The normalized spacial score (nSPS) is 11.1. The maximum absolute atomic E-state index is 5.84. The van der Waals surface area contributed by atoms with Crippen LogP contribution in [0.2, 0.25) is 5.02 Å². The second-order valence-electron chi connectivity index (χ2n) is 4.30. The molecule has 0 aliphatic heterocycles. The van der Waals surface area contributed by atoms with E-state index in [9.17, 15) is 0 Å². The molecule has 0 amide bonds. The Morgan fingerprint density at radius 1 is 1.14 bits per heavy atom. The van der Waals surface area contributed by atoms with Crippen molar-refractivity contribution in [3.63, 3.8) is 0 Å². The zero-order valence-corrected chi connectivity index (χ0v) is 12.5. The summed E-state index contributed by atoms with van der Waals surface area (Å²) in [7, 11) is 0. The highest BCUT2D eigenvalue weighted by Gasteiger charge is 2.00. The first-order valence-electron chi connectivity index (χ1n) is 6.67. The number of allylic oxidation sites excluding steroid dienone is 1. The predicted octanol–water partition coefficient (Wildman–Crippen LogP) is 4.74. The number of hydrogen-bond donors (Lipinski definition) is 1. The van der Waals surface area contributed by atoms with Gasteiger partial charge in [0.15, 0.2) is 0 Å². The lowest BCUT2D eigenvalue weighted by atomic mass is 10.2. The molecule has 0 aliphatic carbocycles. The zero-order valence-electron chi connectivity index (χ0n) is 11.8. The fourth-order valence-corrected chi connectivity index (χ4v) is 1.77. The number of anilines is 1. The number of nitrogens with one attached hydrogen (secondary N) is 1. The van der Waals surface area contributed by atoms with Crippen LogP contribution in [0.4, 0.5) is 5.69 Å². The molecule has 0 saturated carbocycles. The van der Waals surface area contributed by atoms with E-state index >= 15 is 0 Å². The molecule has 0 saturated heterocycles. The average molecular weight is 301 g/mol. The molecule has 4 heteroatoms. The monoisotopic (exact) mass is 300 g/mol. The van der Waals surface area contributed by atoms with Crippen molar-refractivity contribution in [1.29, 1.82) is 0 Å². The number of para-hydroxylation sites is 2. The van der Waals surface area contributed by atoms with Crippen LogP contribution in [0.25, 0.3) is 0 Å². The van der Waals surface area contributed by atoms with Gasteiger partial charge >= 0.3 is 0 Å². The molecule has 21 heavy (non-hydrogen) atoms. The van der Waals surface area contributed by atoms with Crippen molar-refractivity contribution in [1.82, 2.24) is 0 Å². The Balaban J connectivity index is 2.00. The van der Waals surface area contributed by atoms with Crippen LogP contribution in [-0.4, -0.2) is 12.8 Å². The maximum atomic E-state index is 5.84. The van der Waals surface area contributed by atoms with Gasteiger partial charge in [-0.2, -0.15) is 5.10 Å². The summed E-state index contributed by atoms with van der Waals surface area (Å²) < 4.78 is 5.66. The van der Waals surface area contributed by atoms with Gasteiger partial charge in [-0.25, -0.2) is 0 Å². The first kappa shape index (κ1) is 15.1. The maximum Gasteiger partial charge on any atom is 0.144 e. The summed E-state index contributed by atoms with van der Waals surface area (Å²) in [6.45, 7) is 2.50. The van der Waals surface area contributed by atoms with Gasteiger partial charge in [0.1, 0.15) is 12.4 Å². The molecular weight excluding hydrogens is 284 g/mol. The molecule has 2 aromatic carbocycles. The Morgan fingerprint density at radius 3 is 2.67 bits per heavy atom. The summed E-state index contributed by atoms with van der Waals surface area (Å²) in [5.41, 5.74) is 4.79. The van der Waals surface area contributed by atoms with Gasteiger partial charge in [0.05, 0.1) is 11.9 Å². The molecule has 108 valence electrons. The minimum atomic E-state index is 0.538. The molecule has 2 aromatic rings. The van der Waals surface area contributed by atoms with Gasteiger partial charge in [-0.05, 0) is 36.8 Å². The highest BCUT2D eigenvalue weighted by atomic mass is 35.5. The van der Waals surface area contributed by atoms with Gasteiger partial charge in [0, 0.05) is 5.02 Å². The van der Waals surface area contributed by atoms with E-state index in [0.29, 0.717) is 11.6 Å². The van der Waals surface area contributed by atoms with E-state index < -0.39 is 0 Å². The molecule has 0 aromatic heterocycles. The van der Waals surface area contributed by atoms with E-state index in [1.807, 2.05) is 67.6 Å². The standard InChI is InChI=1S/C17H17ClN2O/c1-2-3-12-21-17-7-5-4-6-16(17)20-19-13-14-8-10-15(18)11-9-14/h2-11,13,20H,12H2,1H3/b3-2+,19-13-. The Morgan fingerprint density at radius 2 is 1.90 bits per heavy atom. The molecule has 0 spiro atoms. The largest absolute Gasteiger partial charge is 0.487 e. The van der Waals surface area contributed by atoms with Crippen molar-refractivity contribution in [3.8, 4) is 5.75 Å². The fraction of sp³-hybridized carbons (Fsp3) is 0.118. The third-order valence-electron chi connectivity index (χ3n) is 2.73. The van der Waals surface area contributed by atoms with Crippen LogP contribution in [-0.2, 0) is 0 Å². The quantitative estimate of drug-likeness (QED) is 0.475. The average Bonchev–Trinajstić information content (AvgIpc) is 2.51. The van der Waals surface area contributed by atoms with Gasteiger partial charge in [0.25, 0.3) is 0 Å². The molecule has 0 bridgehead atoms. The third kappa shape index (κ3) is 4.97. The van der Waals surface area contributed by atoms with E-state index in [1.165, 1.54) is 0 Å². The van der Waals surface area contributed by atoms with Gasteiger partial charge in [0.2, 0.25) is 0 Å². The summed E-state index contributed by atoms with van der Waals surface area (Å²) in [6.07, 6.45) is 5.64. The van der Waals surface area contributed by atoms with Crippen molar-refractivity contribution < 1.29 is 4.74 Å². The lowest BCUT2D eigenvalue weighted by molar-refractivity contribution is 0.364. The number of halogens is 1. The van der Waals surface area contributed by atoms with E-state index in [-0.39, 0.29) is 0 Å². The highest BCUT2D eigenvalue weighted by Crippen LogP contribution is 2.23. The van der Waals surface area contributed by atoms with Gasteiger partial charge in [-0.3, -0.25) is 5.43 Å². The van der Waals surface area contributed by atoms with Crippen LogP contribution in [0.15, 0.2) is 65.8 Å². The minimum absolute atomic E-state index is 0.538. The van der Waals surface area contributed by atoms with Crippen LogP contribution >= 0.6 is 11.6 Å². The van der Waals surface area contributed by atoms with E-state index in [4.69, 9.17) is 16.3 Å². The summed E-state index contributed by atoms with van der Waals surface area (Å²) in [5.74, 6) is 0.767. The second-order valence-corrected chi connectivity index (χ2v) is 4.73. The number of hydrazone groups is 1. The zero-order chi connectivity index (χ0) is 14.9. The number of benzene rings is 2. The SMILES string of the molecule is C/C=C/COc1ccccc1N/N=C\c1ccc(Cl)cc1. The molecule has 0 radical (unpaired) electrons. The number of ether oxygens (including phenoxy) is 1. The summed E-state index contributed by atoms with van der Waals surface area (Å²) in [5, 5.41) is 4.93. The van der Waals surface area contributed by atoms with E-state index in [2.05, 4.69) is 10.5 Å². The molecule has 0 unspecified atom stereocenters. The number of hydrogen-bond acceptors (Lipinski definition) is 3. The molecule has 2 rings (SSSR count). The van der Waals surface area contributed by atoms with Crippen LogP contribution < -0.4 is 10.2 Å². The summed E-state index contributed by atoms with van der Waals surface area (Å²) in [6, 6.07) is 15.2. The lowest BCUT2D eigenvalue weighted by Crippen LogP contribution is -1.98. The molecular formula is C17H17ClN2O. The Bertz CT molecular complexity index is 621. The highest BCUT2D eigenvalue weighted by molar-refractivity contribution is 6.30. The smallest absolute Gasteiger partial charge is 0.144 e. The van der Waals surface area contributed by atoms with Gasteiger partial charge in [-0.1, -0.05) is 48.0 Å². The van der Waals surface area contributed by atoms with Crippen molar-refractivity contribution in [2.45, 2.75) is 6.92 Å². The lowest BCUT2D eigenvalue weighted by Gasteiger charge is -2.08. The Hall–Kier alpha value is -2.26. The second kappa shape index (κ2) is 8.12. The van der Waals surface area contributed by atoms with Crippen molar-refractivity contribution in [2.75, 3.05) is 12.0 Å². The van der Waals surface area contributed by atoms with Crippen LogP contribution in [0.3, 0.4) is 0 Å². The predicted molar refractivity (Wildman–Crippen MR) is 89.4 cm³/mol. The summed E-state index contributed by atoms with van der Waals surface area (Å²) >= 11 is 5.84. The topological polar surface area (TPSA) is 33.6 Å². The minimum Gasteiger partial charge on any atom is -0.487 e. The first-order chi connectivity index (χ1) is 10.3. The third-order valence-corrected chi connectivity index (χ3v) is 2.98. The number of nitrogens with zero attached hydrogens (tertiary/aromatic N) is 1. The van der Waals surface area contributed by atoms with Crippen molar-refractivity contribution in [3.05, 3.63) is 71.3 Å². The van der Waals surface area contributed by atoms with Crippen molar-refractivity contribution >= 4 is 23.5 Å². The fourth-order valence-electron chi connectivity index (χ4n) is 1.64.